The minimum absolute atomic E-state index is 0.141. The van der Waals surface area contributed by atoms with E-state index in [1.807, 2.05) is 12.1 Å². The van der Waals surface area contributed by atoms with Gasteiger partial charge < -0.3 is 5.32 Å². The quantitative estimate of drug-likeness (QED) is 0.831. The molecule has 0 radical (unpaired) electrons. The first-order valence-corrected chi connectivity index (χ1v) is 9.30. The molecule has 2 aromatic carbocycles. The van der Waals surface area contributed by atoms with E-state index in [-0.39, 0.29) is 10.8 Å². The number of amides is 1. The highest BCUT2D eigenvalue weighted by molar-refractivity contribution is 7.92. The van der Waals surface area contributed by atoms with Crippen LogP contribution in [0.25, 0.3) is 0 Å². The normalized spacial score (nSPS) is 12.5. The molecular formula is C18H22N2O3S. The average molecular weight is 346 g/mol. The van der Waals surface area contributed by atoms with Gasteiger partial charge in [0.15, 0.2) is 0 Å². The molecule has 0 aliphatic carbocycles. The van der Waals surface area contributed by atoms with Crippen LogP contribution in [0.15, 0.2) is 53.4 Å². The Kier molecular flexibility index (Phi) is 5.62. The Morgan fingerprint density at radius 1 is 1.00 bits per heavy atom. The Balaban J connectivity index is 2.14. The second-order valence-electron chi connectivity index (χ2n) is 5.74. The van der Waals surface area contributed by atoms with Crippen molar-refractivity contribution in [3.63, 3.8) is 0 Å². The van der Waals surface area contributed by atoms with E-state index in [0.717, 1.165) is 6.42 Å². The van der Waals surface area contributed by atoms with Crippen molar-refractivity contribution in [3.05, 3.63) is 54.1 Å². The molecule has 0 aliphatic heterocycles. The number of anilines is 2. The summed E-state index contributed by atoms with van der Waals surface area (Å²) in [5, 5.41) is 2.60. The van der Waals surface area contributed by atoms with Crippen molar-refractivity contribution < 1.29 is 13.2 Å². The molecule has 0 unspecified atom stereocenters. The average Bonchev–Trinajstić information content (AvgIpc) is 2.54. The molecule has 128 valence electrons. The van der Waals surface area contributed by atoms with Crippen molar-refractivity contribution in [2.24, 2.45) is 0 Å². The van der Waals surface area contributed by atoms with Gasteiger partial charge in [-0.1, -0.05) is 26.0 Å². The largest absolute Gasteiger partial charge is 0.326 e. The van der Waals surface area contributed by atoms with Gasteiger partial charge in [0.25, 0.3) is 10.0 Å². The highest BCUT2D eigenvalue weighted by atomic mass is 32.2. The van der Waals surface area contributed by atoms with Crippen LogP contribution in [0.1, 0.15) is 38.7 Å². The second kappa shape index (κ2) is 7.49. The zero-order chi connectivity index (χ0) is 17.7. The maximum atomic E-state index is 12.4. The van der Waals surface area contributed by atoms with E-state index in [4.69, 9.17) is 0 Å². The standard InChI is InChI=1S/C18H22N2O3S/c1-4-13(2)15-5-7-17(8-6-15)20-24(22,23)18-11-9-16(10-12-18)19-14(3)21/h5-13,20H,4H2,1-3H3,(H,19,21)/t13-/m1/s1. The van der Waals surface area contributed by atoms with Crippen molar-refractivity contribution in [1.82, 2.24) is 0 Å². The molecule has 0 heterocycles. The molecule has 6 heteroatoms. The van der Waals surface area contributed by atoms with Gasteiger partial charge in [-0.25, -0.2) is 8.42 Å². The fraction of sp³-hybridized carbons (Fsp3) is 0.278. The van der Waals surface area contributed by atoms with Crippen molar-refractivity contribution in [3.8, 4) is 0 Å². The van der Waals surface area contributed by atoms with Gasteiger partial charge in [0.05, 0.1) is 4.90 Å². The molecule has 2 rings (SSSR count). The number of rotatable bonds is 6. The Hall–Kier alpha value is -2.34. The maximum Gasteiger partial charge on any atom is 0.261 e. The number of hydrogen-bond acceptors (Lipinski definition) is 3. The minimum atomic E-state index is -3.66. The van der Waals surface area contributed by atoms with Crippen molar-refractivity contribution in [2.75, 3.05) is 10.0 Å². The van der Waals surface area contributed by atoms with Gasteiger partial charge in [-0.05, 0) is 54.3 Å². The number of carbonyl (C=O) groups is 1. The van der Waals surface area contributed by atoms with Crippen molar-refractivity contribution >= 4 is 27.3 Å². The SMILES string of the molecule is CC[C@@H](C)c1ccc(NS(=O)(=O)c2ccc(NC(C)=O)cc2)cc1. The maximum absolute atomic E-state index is 12.4. The van der Waals surface area contributed by atoms with E-state index in [1.165, 1.54) is 24.6 Å². The van der Waals surface area contributed by atoms with Crippen molar-refractivity contribution in [1.29, 1.82) is 0 Å². The summed E-state index contributed by atoms with van der Waals surface area (Å²) in [6.07, 6.45) is 1.03. The molecule has 1 atom stereocenters. The van der Waals surface area contributed by atoms with Gasteiger partial charge in [0, 0.05) is 18.3 Å². The van der Waals surface area contributed by atoms with E-state index in [0.29, 0.717) is 17.3 Å². The molecule has 0 saturated carbocycles. The van der Waals surface area contributed by atoms with Crippen LogP contribution in [0.3, 0.4) is 0 Å². The lowest BCUT2D eigenvalue weighted by molar-refractivity contribution is -0.114. The van der Waals surface area contributed by atoms with Crippen LogP contribution in [-0.2, 0) is 14.8 Å². The van der Waals surface area contributed by atoms with Crippen molar-refractivity contribution in [2.45, 2.75) is 38.0 Å². The summed E-state index contributed by atoms with van der Waals surface area (Å²) in [6.45, 7) is 5.65. The van der Waals surface area contributed by atoms with Crippen LogP contribution in [0.4, 0.5) is 11.4 Å². The Bertz CT molecular complexity index is 797. The molecule has 24 heavy (non-hydrogen) atoms. The fourth-order valence-electron chi connectivity index (χ4n) is 2.25. The zero-order valence-corrected chi connectivity index (χ0v) is 14.9. The Labute approximate surface area is 143 Å². The third kappa shape index (κ3) is 4.58. The number of benzene rings is 2. The number of nitrogens with one attached hydrogen (secondary N) is 2. The van der Waals surface area contributed by atoms with Crippen LogP contribution in [-0.4, -0.2) is 14.3 Å². The number of hydrogen-bond donors (Lipinski definition) is 2. The van der Waals surface area contributed by atoms with Gasteiger partial charge in [0.2, 0.25) is 5.91 Å². The molecule has 2 N–H and O–H groups in total. The molecule has 0 saturated heterocycles. The summed E-state index contributed by atoms with van der Waals surface area (Å²) >= 11 is 0. The summed E-state index contributed by atoms with van der Waals surface area (Å²) in [5.41, 5.74) is 2.26. The molecular weight excluding hydrogens is 324 g/mol. The molecule has 0 spiro atoms. The summed E-state index contributed by atoms with van der Waals surface area (Å²) in [6, 6.07) is 13.4. The molecule has 1 amide bonds. The first kappa shape index (κ1) is 18.0. The van der Waals surface area contributed by atoms with Gasteiger partial charge >= 0.3 is 0 Å². The smallest absolute Gasteiger partial charge is 0.261 e. The lowest BCUT2D eigenvalue weighted by Gasteiger charge is -2.12. The Morgan fingerprint density at radius 2 is 1.54 bits per heavy atom. The van der Waals surface area contributed by atoms with Crippen LogP contribution < -0.4 is 10.0 Å². The summed E-state index contributed by atoms with van der Waals surface area (Å²) in [4.78, 5) is 11.1. The lowest BCUT2D eigenvalue weighted by atomic mass is 9.99. The van der Waals surface area contributed by atoms with Gasteiger partial charge in [0.1, 0.15) is 0 Å². The van der Waals surface area contributed by atoms with Crippen LogP contribution >= 0.6 is 0 Å². The van der Waals surface area contributed by atoms with E-state index >= 15 is 0 Å². The third-order valence-electron chi connectivity index (χ3n) is 3.83. The monoisotopic (exact) mass is 346 g/mol. The van der Waals surface area contributed by atoms with E-state index < -0.39 is 10.0 Å². The molecule has 0 aliphatic rings. The summed E-state index contributed by atoms with van der Waals surface area (Å²) in [7, 11) is -3.66. The van der Waals surface area contributed by atoms with Crippen LogP contribution in [0.5, 0.6) is 0 Å². The molecule has 0 aromatic heterocycles. The first-order valence-electron chi connectivity index (χ1n) is 7.82. The van der Waals surface area contributed by atoms with E-state index in [1.54, 1.807) is 24.3 Å². The molecule has 0 fully saturated rings. The van der Waals surface area contributed by atoms with E-state index in [2.05, 4.69) is 23.9 Å². The minimum Gasteiger partial charge on any atom is -0.326 e. The second-order valence-corrected chi connectivity index (χ2v) is 7.42. The number of sulfonamides is 1. The van der Waals surface area contributed by atoms with Gasteiger partial charge in [-0.15, -0.1) is 0 Å². The van der Waals surface area contributed by atoms with Gasteiger partial charge in [-0.3, -0.25) is 9.52 Å². The van der Waals surface area contributed by atoms with Crippen LogP contribution in [0, 0.1) is 0 Å². The third-order valence-corrected chi connectivity index (χ3v) is 5.23. The summed E-state index contributed by atoms with van der Waals surface area (Å²) < 4.78 is 27.4. The fourth-order valence-corrected chi connectivity index (χ4v) is 3.31. The summed E-state index contributed by atoms with van der Waals surface area (Å²) in [5.74, 6) is 0.238. The Morgan fingerprint density at radius 3 is 2.04 bits per heavy atom. The highest BCUT2D eigenvalue weighted by Gasteiger charge is 2.14. The molecule has 5 nitrogen and oxygen atoms in total. The highest BCUT2D eigenvalue weighted by Crippen LogP contribution is 2.22. The van der Waals surface area contributed by atoms with Gasteiger partial charge in [-0.2, -0.15) is 0 Å². The molecule has 2 aromatic rings. The predicted octanol–water partition coefficient (Wildman–Crippen LogP) is 3.96. The zero-order valence-electron chi connectivity index (χ0n) is 14.0. The lowest BCUT2D eigenvalue weighted by Crippen LogP contribution is -2.13. The topological polar surface area (TPSA) is 75.3 Å². The first-order chi connectivity index (χ1) is 11.3. The molecule has 0 bridgehead atoms. The van der Waals surface area contributed by atoms with Crippen LogP contribution in [0.2, 0.25) is 0 Å². The predicted molar refractivity (Wildman–Crippen MR) is 96.7 cm³/mol. The number of carbonyl (C=O) groups excluding carboxylic acids is 1. The van der Waals surface area contributed by atoms with E-state index in [9.17, 15) is 13.2 Å².